The average Bonchev–Trinajstić information content (AvgIpc) is 3.04. The molecule has 0 unspecified atom stereocenters. The Morgan fingerprint density at radius 1 is 1.15 bits per heavy atom. The molecule has 0 saturated heterocycles. The van der Waals surface area contributed by atoms with Crippen LogP contribution in [0.15, 0.2) is 53.4 Å². The lowest BCUT2D eigenvalue weighted by Crippen LogP contribution is -2.04. The van der Waals surface area contributed by atoms with Gasteiger partial charge < -0.3 is 5.11 Å². The van der Waals surface area contributed by atoms with E-state index in [2.05, 4.69) is 4.98 Å². The summed E-state index contributed by atoms with van der Waals surface area (Å²) in [6, 6.07) is 13.7. The predicted molar refractivity (Wildman–Crippen MR) is 107 cm³/mol. The number of fused-ring (bicyclic) bond motifs is 3. The van der Waals surface area contributed by atoms with Crippen LogP contribution in [0.5, 0.6) is 5.75 Å². The van der Waals surface area contributed by atoms with Crippen molar-refractivity contribution in [3.63, 3.8) is 0 Å². The summed E-state index contributed by atoms with van der Waals surface area (Å²) in [7, 11) is -3.56. The Morgan fingerprint density at radius 2 is 1.89 bits per heavy atom. The van der Waals surface area contributed by atoms with Gasteiger partial charge in [-0.05, 0) is 23.8 Å². The first-order valence-electron chi connectivity index (χ1n) is 7.87. The van der Waals surface area contributed by atoms with E-state index in [0.717, 1.165) is 4.70 Å². The molecule has 2 aromatic heterocycles. The smallest absolute Gasteiger partial charge is 0.182 e. The molecule has 4 rings (SSSR count). The topological polar surface area (TPSA) is 84.3 Å². The number of aldehydes is 1. The molecule has 5 nitrogen and oxygen atoms in total. The molecule has 0 atom stereocenters. The number of thiophene rings is 1. The minimum atomic E-state index is -3.56. The zero-order chi connectivity index (χ0) is 19.2. The second kappa shape index (κ2) is 6.60. The molecule has 27 heavy (non-hydrogen) atoms. The summed E-state index contributed by atoms with van der Waals surface area (Å²) in [5, 5.41) is 11.3. The summed E-state index contributed by atoms with van der Waals surface area (Å²) in [5.74, 6) is -0.368. The molecular formula is C19H12ClNO4S2. The van der Waals surface area contributed by atoms with Gasteiger partial charge >= 0.3 is 0 Å². The van der Waals surface area contributed by atoms with Gasteiger partial charge in [-0.25, -0.2) is 13.4 Å². The molecule has 0 radical (unpaired) electrons. The molecule has 0 aliphatic heterocycles. The summed E-state index contributed by atoms with van der Waals surface area (Å²) in [6.45, 7) is 0. The summed E-state index contributed by atoms with van der Waals surface area (Å²) in [6.07, 6.45) is 0.431. The lowest BCUT2D eigenvalue weighted by Gasteiger charge is -2.05. The third-order valence-corrected chi connectivity index (χ3v) is 7.35. The van der Waals surface area contributed by atoms with Crippen LogP contribution in [0.3, 0.4) is 0 Å². The van der Waals surface area contributed by atoms with E-state index >= 15 is 0 Å². The highest BCUT2D eigenvalue weighted by molar-refractivity contribution is 7.90. The Bertz CT molecular complexity index is 1300. The molecule has 4 aromatic rings. The summed E-state index contributed by atoms with van der Waals surface area (Å²) < 4.78 is 26.8. The van der Waals surface area contributed by atoms with Crippen LogP contribution >= 0.6 is 22.9 Å². The molecule has 2 aromatic carbocycles. The van der Waals surface area contributed by atoms with Crippen LogP contribution in [0.4, 0.5) is 0 Å². The molecule has 136 valence electrons. The number of aromatic nitrogens is 1. The highest BCUT2D eigenvalue weighted by Gasteiger charge is 2.21. The third-order valence-electron chi connectivity index (χ3n) is 4.21. The lowest BCUT2D eigenvalue weighted by molar-refractivity contribution is 0.111. The molecule has 0 amide bonds. The van der Waals surface area contributed by atoms with Crippen LogP contribution in [-0.4, -0.2) is 24.8 Å². The van der Waals surface area contributed by atoms with E-state index in [1.165, 1.54) is 17.4 Å². The number of rotatable bonds is 4. The molecule has 0 aliphatic carbocycles. The van der Waals surface area contributed by atoms with Gasteiger partial charge in [0.15, 0.2) is 21.9 Å². The van der Waals surface area contributed by atoms with Gasteiger partial charge in [0.25, 0.3) is 0 Å². The fourth-order valence-electron chi connectivity index (χ4n) is 2.93. The minimum absolute atomic E-state index is 0.0498. The van der Waals surface area contributed by atoms with E-state index in [1.54, 1.807) is 36.4 Å². The molecule has 2 heterocycles. The van der Waals surface area contributed by atoms with Gasteiger partial charge in [0.1, 0.15) is 10.8 Å². The van der Waals surface area contributed by atoms with Crippen molar-refractivity contribution in [1.29, 1.82) is 0 Å². The molecule has 8 heteroatoms. The maximum atomic E-state index is 12.8. The number of halogens is 1. The highest BCUT2D eigenvalue weighted by atomic mass is 35.5. The minimum Gasteiger partial charge on any atom is -0.504 e. The van der Waals surface area contributed by atoms with Gasteiger partial charge in [-0.2, -0.15) is 0 Å². The molecule has 0 spiro atoms. The fourth-order valence-corrected chi connectivity index (χ4v) is 5.78. The maximum Gasteiger partial charge on any atom is 0.182 e. The van der Waals surface area contributed by atoms with Gasteiger partial charge in [-0.3, -0.25) is 4.79 Å². The fraction of sp³-hybridized carbons (Fsp3) is 0.0526. The van der Waals surface area contributed by atoms with E-state index < -0.39 is 9.84 Å². The number of hydrogen-bond acceptors (Lipinski definition) is 6. The number of benzene rings is 2. The number of carbonyl (C=O) groups is 1. The summed E-state index contributed by atoms with van der Waals surface area (Å²) in [4.78, 5) is 15.1. The van der Waals surface area contributed by atoms with Crippen LogP contribution in [0.2, 0.25) is 5.15 Å². The van der Waals surface area contributed by atoms with Crippen LogP contribution in [0.1, 0.15) is 16.1 Å². The number of nitrogens with zero attached hydrogens (tertiary/aromatic N) is 1. The Balaban J connectivity index is 1.90. The van der Waals surface area contributed by atoms with E-state index in [0.29, 0.717) is 27.3 Å². The van der Waals surface area contributed by atoms with Crippen molar-refractivity contribution in [2.75, 3.05) is 0 Å². The first-order chi connectivity index (χ1) is 12.9. The number of hydrogen-bond donors (Lipinski definition) is 1. The van der Waals surface area contributed by atoms with E-state index in [-0.39, 0.29) is 27.2 Å². The van der Waals surface area contributed by atoms with Crippen molar-refractivity contribution in [2.24, 2.45) is 0 Å². The lowest BCUT2D eigenvalue weighted by atomic mass is 10.2. The maximum absolute atomic E-state index is 12.8. The Hall–Kier alpha value is -2.48. The molecule has 0 fully saturated rings. The van der Waals surface area contributed by atoms with Gasteiger partial charge in [-0.1, -0.05) is 41.9 Å². The standard InChI is InChI=1S/C19H12ClNO4S2/c20-19-16-13-8-12(27(24,25)10-11-4-2-1-3-5-11)6-7-15(13)26-18(16)17(23)14(9-22)21-19/h1-9,23H,10H2. The number of pyridine rings is 1. The van der Waals surface area contributed by atoms with Crippen molar-refractivity contribution >= 4 is 59.2 Å². The Kier molecular flexibility index (Phi) is 4.38. The SMILES string of the molecule is O=Cc1nc(Cl)c2c(sc3ccc(S(=O)(=O)Cc4ccccc4)cc32)c1O. The van der Waals surface area contributed by atoms with Crippen molar-refractivity contribution in [3.8, 4) is 5.75 Å². The van der Waals surface area contributed by atoms with Crippen molar-refractivity contribution in [2.45, 2.75) is 10.6 Å². The number of carbonyl (C=O) groups excluding carboxylic acids is 1. The van der Waals surface area contributed by atoms with Gasteiger partial charge in [-0.15, -0.1) is 11.3 Å². The molecule has 0 saturated carbocycles. The van der Waals surface area contributed by atoms with Crippen LogP contribution < -0.4 is 0 Å². The van der Waals surface area contributed by atoms with Crippen molar-refractivity contribution in [3.05, 3.63) is 64.9 Å². The van der Waals surface area contributed by atoms with E-state index in [1.807, 2.05) is 6.07 Å². The average molecular weight is 418 g/mol. The normalized spacial score (nSPS) is 11.9. The van der Waals surface area contributed by atoms with E-state index in [9.17, 15) is 18.3 Å². The van der Waals surface area contributed by atoms with Crippen LogP contribution in [0.25, 0.3) is 20.2 Å². The Morgan fingerprint density at radius 3 is 2.59 bits per heavy atom. The Labute approximate surface area is 163 Å². The van der Waals surface area contributed by atoms with Gasteiger partial charge in [0, 0.05) is 15.5 Å². The van der Waals surface area contributed by atoms with Crippen LogP contribution in [0, 0.1) is 0 Å². The predicted octanol–water partition coefficient (Wildman–Crippen LogP) is 4.59. The molecule has 0 aliphatic rings. The zero-order valence-electron chi connectivity index (χ0n) is 13.7. The van der Waals surface area contributed by atoms with E-state index in [4.69, 9.17) is 11.6 Å². The number of sulfone groups is 1. The highest BCUT2D eigenvalue weighted by Crippen LogP contribution is 2.43. The van der Waals surface area contributed by atoms with Crippen molar-refractivity contribution in [1.82, 2.24) is 4.98 Å². The molecule has 1 N–H and O–H groups in total. The molecular weight excluding hydrogens is 406 g/mol. The third kappa shape index (κ3) is 3.07. The quantitative estimate of drug-likeness (QED) is 0.387. The monoisotopic (exact) mass is 417 g/mol. The second-order valence-corrected chi connectivity index (χ2v) is 9.36. The first-order valence-corrected chi connectivity index (χ1v) is 10.7. The second-order valence-electron chi connectivity index (χ2n) is 5.96. The van der Waals surface area contributed by atoms with Crippen molar-refractivity contribution < 1.29 is 18.3 Å². The van der Waals surface area contributed by atoms with Gasteiger partial charge in [0.05, 0.1) is 15.3 Å². The molecule has 0 bridgehead atoms. The van der Waals surface area contributed by atoms with Crippen LogP contribution in [-0.2, 0) is 15.6 Å². The first kappa shape index (κ1) is 17.9. The largest absolute Gasteiger partial charge is 0.504 e. The van der Waals surface area contributed by atoms with Gasteiger partial charge in [0.2, 0.25) is 0 Å². The number of aromatic hydroxyl groups is 1. The summed E-state index contributed by atoms with van der Waals surface area (Å²) in [5.41, 5.74) is 0.553. The zero-order valence-corrected chi connectivity index (χ0v) is 16.1. The summed E-state index contributed by atoms with van der Waals surface area (Å²) >= 11 is 7.43.